The number of nitrogens with one attached hydrogen (secondary N) is 3. The van der Waals surface area contributed by atoms with Gasteiger partial charge in [-0.3, -0.25) is 34.1 Å². The summed E-state index contributed by atoms with van der Waals surface area (Å²) in [5.41, 5.74) is 0. The van der Waals surface area contributed by atoms with Crippen LogP contribution >= 0.6 is 0 Å². The van der Waals surface area contributed by atoms with Crippen molar-refractivity contribution in [3.05, 3.63) is 0 Å². The lowest BCUT2D eigenvalue weighted by molar-refractivity contribution is -0.153. The first-order chi connectivity index (χ1) is 26.0. The number of hydrogen-bond donors (Lipinski definition) is 5. The van der Waals surface area contributed by atoms with Gasteiger partial charge in [0, 0.05) is 34.8 Å². The second-order valence-electron chi connectivity index (χ2n) is 17.1. The Hall–Kier alpha value is -3.34. The molecule has 16 nitrogen and oxygen atoms in total. The predicted octanol–water partition coefficient (Wildman–Crippen LogP) is 0.928. The fourth-order valence-electron chi connectivity index (χ4n) is 7.42. The molecule has 16 heteroatoms. The Morgan fingerprint density at radius 2 is 1.27 bits per heavy atom. The van der Waals surface area contributed by atoms with Gasteiger partial charge in [-0.1, -0.05) is 61.8 Å². The van der Waals surface area contributed by atoms with Gasteiger partial charge in [-0.2, -0.15) is 0 Å². The summed E-state index contributed by atoms with van der Waals surface area (Å²) >= 11 is 0. The van der Waals surface area contributed by atoms with Crippen LogP contribution in [0.1, 0.15) is 101 Å². The number of carbonyl (C=O) groups excluding carboxylic acids is 6. The van der Waals surface area contributed by atoms with Crippen molar-refractivity contribution in [2.75, 3.05) is 34.8 Å². The van der Waals surface area contributed by atoms with Gasteiger partial charge in [-0.05, 0) is 63.2 Å². The second-order valence-corrected chi connectivity index (χ2v) is 17.1. The summed E-state index contributed by atoms with van der Waals surface area (Å²) in [5.74, 6) is -4.86. The van der Waals surface area contributed by atoms with Gasteiger partial charge in [-0.15, -0.1) is 0 Å². The quantitative estimate of drug-likeness (QED) is 0.224. The first-order valence-corrected chi connectivity index (χ1v) is 20.4. The Morgan fingerprint density at radius 1 is 0.714 bits per heavy atom. The summed E-state index contributed by atoms with van der Waals surface area (Å²) in [5, 5.41) is 31.7. The van der Waals surface area contributed by atoms with Gasteiger partial charge in [0.2, 0.25) is 35.4 Å². The number of rotatable bonds is 9. The highest BCUT2D eigenvalue weighted by atomic mass is 16.5. The van der Waals surface area contributed by atoms with E-state index in [4.69, 9.17) is 4.74 Å². The molecule has 56 heavy (non-hydrogen) atoms. The maximum absolute atomic E-state index is 14.4. The molecule has 0 aliphatic carbocycles. The maximum atomic E-state index is 14.4. The van der Waals surface area contributed by atoms with Gasteiger partial charge < -0.3 is 45.2 Å². The second kappa shape index (κ2) is 21.4. The zero-order valence-electron chi connectivity index (χ0n) is 36.4. The number of carbonyl (C=O) groups is 6. The van der Waals surface area contributed by atoms with Crippen molar-refractivity contribution in [1.29, 1.82) is 0 Å². The molecule has 322 valence electrons. The van der Waals surface area contributed by atoms with Crippen LogP contribution < -0.4 is 16.0 Å². The molecule has 0 aromatic rings. The highest BCUT2D eigenvalue weighted by Crippen LogP contribution is 2.25. The van der Waals surface area contributed by atoms with Gasteiger partial charge in [0.25, 0.3) is 0 Å². The molecule has 2 heterocycles. The minimum absolute atomic E-state index is 0.0606. The third-order valence-corrected chi connectivity index (χ3v) is 11.8. The monoisotopic (exact) mass is 796 g/mol. The number of aliphatic hydroxyl groups excluding tert-OH is 2. The van der Waals surface area contributed by atoms with Crippen molar-refractivity contribution < 1.29 is 43.7 Å². The fourth-order valence-corrected chi connectivity index (χ4v) is 7.42. The lowest BCUT2D eigenvalue weighted by Gasteiger charge is -2.43. The molecular weight excluding hydrogens is 722 g/mol. The minimum Gasteiger partial charge on any atom is -0.391 e. The average Bonchev–Trinajstić information content (AvgIpc) is 3.16. The Morgan fingerprint density at radius 3 is 1.79 bits per heavy atom. The number of ether oxygens (including phenoxy) is 1. The van der Waals surface area contributed by atoms with E-state index in [0.29, 0.717) is 25.8 Å². The molecule has 2 aliphatic rings. The predicted molar refractivity (Wildman–Crippen MR) is 213 cm³/mol. The largest absolute Gasteiger partial charge is 0.391 e. The number of hydrogen-bond acceptors (Lipinski definition) is 10. The van der Waals surface area contributed by atoms with Crippen LogP contribution in [0.5, 0.6) is 0 Å². The summed E-state index contributed by atoms with van der Waals surface area (Å²) < 4.78 is 5.91. The lowest BCUT2D eigenvalue weighted by Crippen LogP contribution is -2.65. The van der Waals surface area contributed by atoms with Crippen LogP contribution in [0, 0.1) is 23.7 Å². The summed E-state index contributed by atoms with van der Waals surface area (Å²) in [6.07, 6.45) is -0.819. The van der Waals surface area contributed by atoms with E-state index in [1.165, 1.54) is 45.0 Å². The first kappa shape index (κ1) is 48.8. The maximum Gasteiger partial charge on any atom is 0.246 e. The van der Waals surface area contributed by atoms with Crippen molar-refractivity contribution in [1.82, 2.24) is 35.6 Å². The van der Waals surface area contributed by atoms with Gasteiger partial charge in [0.1, 0.15) is 42.5 Å². The molecule has 6 amide bonds. The SMILES string of the molecule is CCC(C)C1NC(=O)C(C(O)C(C)C)NC(OC)C2CCCCN2C(=O)C(C)N(C)C(=O)C(CC(C)C)NC(=O)C(C(O)C(C)C)N(C)C(=O)C(C)N(C)C1=O. The van der Waals surface area contributed by atoms with Gasteiger partial charge in [-0.25, -0.2) is 0 Å². The minimum atomic E-state index is -1.44. The number of nitrogens with zero attached hydrogens (tertiary/aromatic N) is 4. The van der Waals surface area contributed by atoms with Crippen molar-refractivity contribution in [2.45, 2.75) is 162 Å². The third-order valence-electron chi connectivity index (χ3n) is 11.8. The molecule has 0 bridgehead atoms. The molecule has 11 unspecified atom stereocenters. The van der Waals surface area contributed by atoms with Crippen LogP contribution in [0.2, 0.25) is 0 Å². The molecule has 2 fully saturated rings. The number of amides is 6. The van der Waals surface area contributed by atoms with Crippen LogP contribution in [0.15, 0.2) is 0 Å². The first-order valence-electron chi connectivity index (χ1n) is 20.4. The number of methoxy groups -OCH3 is 1. The van der Waals surface area contributed by atoms with Crippen molar-refractivity contribution in [2.24, 2.45) is 23.7 Å². The highest BCUT2D eigenvalue weighted by molar-refractivity contribution is 5.97. The van der Waals surface area contributed by atoms with Crippen LogP contribution in [0.4, 0.5) is 0 Å². The zero-order chi connectivity index (χ0) is 42.9. The number of piperidine rings is 1. The summed E-state index contributed by atoms with van der Waals surface area (Å²) in [7, 11) is 5.76. The van der Waals surface area contributed by atoms with Crippen molar-refractivity contribution >= 4 is 35.4 Å². The van der Waals surface area contributed by atoms with Crippen LogP contribution in [-0.4, -0.2) is 161 Å². The van der Waals surface area contributed by atoms with E-state index in [2.05, 4.69) is 16.0 Å². The van der Waals surface area contributed by atoms with Gasteiger partial charge in [0.15, 0.2) is 0 Å². The van der Waals surface area contributed by atoms with E-state index in [0.717, 1.165) is 11.3 Å². The van der Waals surface area contributed by atoms with Crippen molar-refractivity contribution in [3.8, 4) is 0 Å². The molecular formula is C40H73N7O9. The highest BCUT2D eigenvalue weighted by Gasteiger charge is 2.44. The van der Waals surface area contributed by atoms with E-state index in [9.17, 15) is 39.0 Å². The van der Waals surface area contributed by atoms with Crippen LogP contribution in [-0.2, 0) is 33.5 Å². The van der Waals surface area contributed by atoms with Crippen LogP contribution in [0.25, 0.3) is 0 Å². The van der Waals surface area contributed by atoms with Crippen molar-refractivity contribution in [3.63, 3.8) is 0 Å². The molecule has 0 aromatic heterocycles. The van der Waals surface area contributed by atoms with E-state index >= 15 is 0 Å². The lowest BCUT2D eigenvalue weighted by atomic mass is 9.93. The molecule has 2 rings (SSSR count). The molecule has 11 atom stereocenters. The smallest absolute Gasteiger partial charge is 0.246 e. The third kappa shape index (κ3) is 11.6. The summed E-state index contributed by atoms with van der Waals surface area (Å²) in [4.78, 5) is 90.7. The molecule has 0 aromatic carbocycles. The standard InChI is InChI=1S/C40H73N7O9/c1-15-24(8)29-40(55)45(12)25(9)37(52)46(13)31(33(49)23(6)7)35(51)41-27(20-21(2)3)39(54)44(11)26(10)38(53)47-19-17-16-18-28(47)36(56-14)43-30(34(50)42-29)32(48)22(4)5/h21-33,36,43,48-49H,15-20H2,1-14H3,(H,41,51)(H,42,50). The average molecular weight is 796 g/mol. The molecule has 0 saturated carbocycles. The van der Waals surface area contributed by atoms with E-state index < -0.39 is 108 Å². The Bertz CT molecular complexity index is 1360. The van der Waals surface area contributed by atoms with Gasteiger partial charge in [0.05, 0.1) is 18.2 Å². The Balaban J connectivity index is 2.85. The van der Waals surface area contributed by atoms with E-state index in [-0.39, 0.29) is 18.2 Å². The molecule has 0 radical (unpaired) electrons. The van der Waals surface area contributed by atoms with E-state index in [1.54, 1.807) is 46.4 Å². The van der Waals surface area contributed by atoms with Crippen LogP contribution in [0.3, 0.4) is 0 Å². The van der Waals surface area contributed by atoms with Gasteiger partial charge >= 0.3 is 0 Å². The Labute approximate surface area is 334 Å². The van der Waals surface area contributed by atoms with E-state index in [1.807, 2.05) is 20.8 Å². The normalized spacial score (nSPS) is 30.6. The number of fused-ring (bicyclic) bond motifs is 1. The molecule has 2 aliphatic heterocycles. The summed E-state index contributed by atoms with van der Waals surface area (Å²) in [6.45, 7) is 17.9. The molecule has 2 saturated heterocycles. The number of likely N-dealkylation sites (N-methyl/N-ethyl adjacent to an activating group) is 3. The fraction of sp³-hybridized carbons (Fsp3) is 0.850. The molecule has 0 spiro atoms. The zero-order valence-corrected chi connectivity index (χ0v) is 36.4. The summed E-state index contributed by atoms with van der Waals surface area (Å²) in [6, 6.07) is -7.61. The topological polar surface area (TPSA) is 201 Å². The Kier molecular flexibility index (Phi) is 18.7. The number of aliphatic hydroxyl groups is 2. The molecule has 5 N–H and O–H groups in total.